The predicted molar refractivity (Wildman–Crippen MR) is 67.2 cm³/mol. The zero-order valence-electron chi connectivity index (χ0n) is 10.9. The summed E-state index contributed by atoms with van der Waals surface area (Å²) in [5, 5.41) is 0. The monoisotopic (exact) mass is 218 g/mol. The molecule has 0 aliphatic heterocycles. The van der Waals surface area contributed by atoms with E-state index in [0.717, 1.165) is 12.3 Å². The van der Waals surface area contributed by atoms with Gasteiger partial charge in [0.25, 0.3) is 0 Å². The lowest BCUT2D eigenvalue weighted by Crippen LogP contribution is -2.20. The first-order chi connectivity index (χ1) is 7.40. The standard InChI is InChI=1S/C15H22O/c1-10-7-13-12(9-11(2)16)5-6-15(3,4)14(13)8-10/h9-10H,5-8H2,1-4H3/b12-9+. The second-order valence-corrected chi connectivity index (χ2v) is 6.13. The summed E-state index contributed by atoms with van der Waals surface area (Å²) in [6.45, 7) is 8.68. The molecule has 1 atom stereocenters. The zero-order chi connectivity index (χ0) is 11.9. The number of carbonyl (C=O) groups excluding carboxylic acids is 1. The van der Waals surface area contributed by atoms with Crippen LogP contribution in [0.5, 0.6) is 0 Å². The van der Waals surface area contributed by atoms with Gasteiger partial charge in [-0.3, -0.25) is 4.79 Å². The van der Waals surface area contributed by atoms with Crippen LogP contribution in [0.1, 0.15) is 53.4 Å². The summed E-state index contributed by atoms with van der Waals surface area (Å²) in [5.41, 5.74) is 4.82. The van der Waals surface area contributed by atoms with E-state index in [9.17, 15) is 4.79 Å². The summed E-state index contributed by atoms with van der Waals surface area (Å²) in [7, 11) is 0. The Bertz CT molecular complexity index is 382. The van der Waals surface area contributed by atoms with Crippen molar-refractivity contribution in [3.8, 4) is 0 Å². The molecule has 0 bridgehead atoms. The average Bonchev–Trinajstić information content (AvgIpc) is 2.53. The highest BCUT2D eigenvalue weighted by Crippen LogP contribution is 2.51. The third-order valence-electron chi connectivity index (χ3n) is 4.07. The quantitative estimate of drug-likeness (QED) is 0.607. The summed E-state index contributed by atoms with van der Waals surface area (Å²) < 4.78 is 0. The summed E-state index contributed by atoms with van der Waals surface area (Å²) in [5.74, 6) is 0.957. The van der Waals surface area contributed by atoms with Gasteiger partial charge in [-0.2, -0.15) is 0 Å². The van der Waals surface area contributed by atoms with Crippen LogP contribution in [0.4, 0.5) is 0 Å². The van der Waals surface area contributed by atoms with E-state index in [1.165, 1.54) is 30.4 Å². The van der Waals surface area contributed by atoms with Gasteiger partial charge in [-0.1, -0.05) is 26.3 Å². The highest BCUT2D eigenvalue weighted by molar-refractivity contribution is 5.89. The molecule has 0 fully saturated rings. The summed E-state index contributed by atoms with van der Waals surface area (Å²) in [6, 6.07) is 0. The minimum Gasteiger partial charge on any atom is -0.295 e. The molecule has 2 aliphatic carbocycles. The van der Waals surface area contributed by atoms with Crippen LogP contribution in [-0.4, -0.2) is 5.78 Å². The molecule has 0 saturated heterocycles. The molecule has 1 heteroatoms. The second kappa shape index (κ2) is 3.87. The molecule has 16 heavy (non-hydrogen) atoms. The zero-order valence-corrected chi connectivity index (χ0v) is 10.9. The molecule has 0 heterocycles. The third-order valence-corrected chi connectivity index (χ3v) is 4.07. The van der Waals surface area contributed by atoms with Crippen LogP contribution in [0, 0.1) is 11.3 Å². The van der Waals surface area contributed by atoms with E-state index in [1.807, 2.05) is 6.08 Å². The van der Waals surface area contributed by atoms with Gasteiger partial charge in [0.2, 0.25) is 0 Å². The largest absolute Gasteiger partial charge is 0.295 e. The topological polar surface area (TPSA) is 17.1 Å². The predicted octanol–water partition coefficient (Wildman–Crippen LogP) is 4.05. The smallest absolute Gasteiger partial charge is 0.152 e. The van der Waals surface area contributed by atoms with Gasteiger partial charge in [-0.05, 0) is 61.2 Å². The van der Waals surface area contributed by atoms with Crippen molar-refractivity contribution in [2.24, 2.45) is 11.3 Å². The third kappa shape index (κ3) is 2.00. The van der Waals surface area contributed by atoms with Crippen LogP contribution in [0.15, 0.2) is 22.8 Å². The molecule has 0 aromatic carbocycles. The van der Waals surface area contributed by atoms with Crippen molar-refractivity contribution in [2.75, 3.05) is 0 Å². The van der Waals surface area contributed by atoms with Gasteiger partial charge >= 0.3 is 0 Å². The highest BCUT2D eigenvalue weighted by Gasteiger charge is 2.36. The van der Waals surface area contributed by atoms with E-state index >= 15 is 0 Å². The molecule has 2 aliphatic rings. The summed E-state index contributed by atoms with van der Waals surface area (Å²) >= 11 is 0. The Hall–Kier alpha value is -0.850. The van der Waals surface area contributed by atoms with Gasteiger partial charge in [0, 0.05) is 0 Å². The lowest BCUT2D eigenvalue weighted by molar-refractivity contribution is -0.112. The first-order valence-corrected chi connectivity index (χ1v) is 6.34. The van der Waals surface area contributed by atoms with Crippen molar-refractivity contribution >= 4 is 5.78 Å². The molecule has 1 unspecified atom stereocenters. The van der Waals surface area contributed by atoms with Gasteiger partial charge in [-0.15, -0.1) is 0 Å². The van der Waals surface area contributed by atoms with Crippen molar-refractivity contribution in [2.45, 2.75) is 53.4 Å². The van der Waals surface area contributed by atoms with Crippen LogP contribution >= 0.6 is 0 Å². The number of rotatable bonds is 1. The van der Waals surface area contributed by atoms with E-state index in [0.29, 0.717) is 5.41 Å². The van der Waals surface area contributed by atoms with Crippen molar-refractivity contribution in [3.05, 3.63) is 22.8 Å². The maximum absolute atomic E-state index is 11.2. The van der Waals surface area contributed by atoms with Crippen molar-refractivity contribution in [1.82, 2.24) is 0 Å². The molecule has 0 saturated carbocycles. The Morgan fingerprint density at radius 2 is 2.06 bits per heavy atom. The summed E-state index contributed by atoms with van der Waals surface area (Å²) in [6.07, 6.45) is 6.55. The number of hydrogen-bond donors (Lipinski definition) is 0. The molecule has 0 aromatic rings. The molecule has 88 valence electrons. The molecule has 0 N–H and O–H groups in total. The molecule has 1 nitrogen and oxygen atoms in total. The normalized spacial score (nSPS) is 30.8. The maximum atomic E-state index is 11.2. The highest BCUT2D eigenvalue weighted by atomic mass is 16.1. The van der Waals surface area contributed by atoms with Crippen LogP contribution in [-0.2, 0) is 4.79 Å². The molecule has 0 radical (unpaired) electrons. The van der Waals surface area contributed by atoms with Crippen LogP contribution in [0.3, 0.4) is 0 Å². The van der Waals surface area contributed by atoms with Gasteiger partial charge < -0.3 is 0 Å². The number of allylic oxidation sites excluding steroid dienone is 4. The fraction of sp³-hybridized carbons (Fsp3) is 0.667. The average molecular weight is 218 g/mol. The minimum absolute atomic E-state index is 0.195. The van der Waals surface area contributed by atoms with Crippen LogP contribution < -0.4 is 0 Å². The SMILES string of the molecule is CC(=O)/C=C1\CCC(C)(C)C2=C1CC(C)C2. The molecule has 2 rings (SSSR count). The minimum atomic E-state index is 0.195. The second-order valence-electron chi connectivity index (χ2n) is 6.13. The Kier molecular flexibility index (Phi) is 2.81. The Balaban J connectivity index is 2.41. The molecular formula is C15H22O. The van der Waals surface area contributed by atoms with E-state index in [-0.39, 0.29) is 5.78 Å². The molecule has 0 spiro atoms. The Morgan fingerprint density at radius 3 is 2.69 bits per heavy atom. The van der Waals surface area contributed by atoms with Gasteiger partial charge in [0.05, 0.1) is 0 Å². The van der Waals surface area contributed by atoms with E-state index in [4.69, 9.17) is 0 Å². The molecular weight excluding hydrogens is 196 g/mol. The lowest BCUT2D eigenvalue weighted by Gasteiger charge is -2.33. The number of hydrogen-bond acceptors (Lipinski definition) is 1. The number of ketones is 1. The van der Waals surface area contributed by atoms with Gasteiger partial charge in [0.15, 0.2) is 5.78 Å². The number of carbonyl (C=O) groups is 1. The van der Waals surface area contributed by atoms with Crippen molar-refractivity contribution < 1.29 is 4.79 Å². The van der Waals surface area contributed by atoms with Crippen molar-refractivity contribution in [3.63, 3.8) is 0 Å². The first kappa shape index (κ1) is 11.6. The Labute approximate surface area is 98.6 Å². The van der Waals surface area contributed by atoms with Gasteiger partial charge in [0.1, 0.15) is 0 Å². The first-order valence-electron chi connectivity index (χ1n) is 6.34. The summed E-state index contributed by atoms with van der Waals surface area (Å²) in [4.78, 5) is 11.2. The maximum Gasteiger partial charge on any atom is 0.152 e. The van der Waals surface area contributed by atoms with Gasteiger partial charge in [-0.25, -0.2) is 0 Å². The van der Waals surface area contributed by atoms with E-state index in [1.54, 1.807) is 12.5 Å². The van der Waals surface area contributed by atoms with E-state index < -0.39 is 0 Å². The molecule has 0 amide bonds. The molecule has 0 aromatic heterocycles. The van der Waals surface area contributed by atoms with Crippen LogP contribution in [0.2, 0.25) is 0 Å². The van der Waals surface area contributed by atoms with Crippen LogP contribution in [0.25, 0.3) is 0 Å². The Morgan fingerprint density at radius 1 is 1.38 bits per heavy atom. The lowest BCUT2D eigenvalue weighted by atomic mass is 9.71. The van der Waals surface area contributed by atoms with Crippen molar-refractivity contribution in [1.29, 1.82) is 0 Å². The van der Waals surface area contributed by atoms with E-state index in [2.05, 4.69) is 20.8 Å². The fourth-order valence-electron chi connectivity index (χ4n) is 3.18. The fourth-order valence-corrected chi connectivity index (χ4v) is 3.18.